The Morgan fingerprint density at radius 2 is 1.85 bits per heavy atom. The van der Waals surface area contributed by atoms with E-state index >= 15 is 0 Å². The van der Waals surface area contributed by atoms with E-state index in [0.29, 0.717) is 16.3 Å². The number of hydrogen-bond donors (Lipinski definition) is 1. The molecule has 0 spiro atoms. The molecular formula is C18H15ClF3NO3. The van der Waals surface area contributed by atoms with Crippen molar-refractivity contribution in [1.82, 2.24) is 0 Å². The summed E-state index contributed by atoms with van der Waals surface area (Å²) in [6.07, 6.45) is -4.59. The van der Waals surface area contributed by atoms with E-state index in [2.05, 4.69) is 0 Å². The molecule has 8 heteroatoms. The Morgan fingerprint density at radius 3 is 2.46 bits per heavy atom. The normalized spacial score (nSPS) is 11.3. The van der Waals surface area contributed by atoms with Crippen molar-refractivity contribution < 1.29 is 27.9 Å². The molecule has 0 fully saturated rings. The minimum atomic E-state index is -4.55. The lowest BCUT2D eigenvalue weighted by atomic mass is 10.0. The van der Waals surface area contributed by atoms with Crippen LogP contribution < -0.4 is 4.90 Å². The van der Waals surface area contributed by atoms with Gasteiger partial charge in [0, 0.05) is 29.7 Å². The quantitative estimate of drug-likeness (QED) is 0.814. The Labute approximate surface area is 152 Å². The van der Waals surface area contributed by atoms with Crippen molar-refractivity contribution in [3.8, 4) is 0 Å². The highest BCUT2D eigenvalue weighted by molar-refractivity contribution is 6.30. The molecule has 0 bridgehead atoms. The fourth-order valence-corrected chi connectivity index (χ4v) is 2.65. The third kappa shape index (κ3) is 4.76. The van der Waals surface area contributed by atoms with E-state index in [1.54, 1.807) is 0 Å². The van der Waals surface area contributed by atoms with Crippen LogP contribution in [0.4, 0.5) is 18.9 Å². The largest absolute Gasteiger partial charge is 0.481 e. The van der Waals surface area contributed by atoms with Gasteiger partial charge in [0.15, 0.2) is 0 Å². The Bertz CT molecular complexity index is 837. The van der Waals surface area contributed by atoms with Gasteiger partial charge in [0.05, 0.1) is 5.56 Å². The number of halogens is 4. The van der Waals surface area contributed by atoms with Gasteiger partial charge in [-0.25, -0.2) is 0 Å². The van der Waals surface area contributed by atoms with Crippen molar-refractivity contribution in [2.45, 2.75) is 19.0 Å². The van der Waals surface area contributed by atoms with Crippen LogP contribution in [0.5, 0.6) is 0 Å². The van der Waals surface area contributed by atoms with E-state index in [-0.39, 0.29) is 18.4 Å². The first kappa shape index (κ1) is 19.8. The second-order valence-corrected chi connectivity index (χ2v) is 6.05. The monoisotopic (exact) mass is 385 g/mol. The molecule has 26 heavy (non-hydrogen) atoms. The number of carboxylic acids is 1. The summed E-state index contributed by atoms with van der Waals surface area (Å²) >= 11 is 5.93. The highest BCUT2D eigenvalue weighted by Gasteiger charge is 2.31. The molecule has 4 nitrogen and oxygen atoms in total. The summed E-state index contributed by atoms with van der Waals surface area (Å²) in [5.41, 5.74) is -0.138. The number of aliphatic carboxylic acids is 1. The van der Waals surface area contributed by atoms with Gasteiger partial charge in [-0.2, -0.15) is 13.2 Å². The Kier molecular flexibility index (Phi) is 5.92. The zero-order chi connectivity index (χ0) is 19.5. The number of benzene rings is 2. The molecule has 0 atom stereocenters. The standard InChI is InChI=1S/C18H15ClF3NO3/c1-23(15-7-6-14(19)10-11(15)5-8-16(24)25)17(26)12-3-2-4-13(9-12)18(20,21)22/h2-4,6-7,9-10H,5,8H2,1H3,(H,24,25). The van der Waals surface area contributed by atoms with E-state index in [0.717, 1.165) is 18.2 Å². The SMILES string of the molecule is CN(C(=O)c1cccc(C(F)(F)F)c1)c1ccc(Cl)cc1CCC(=O)O. The molecule has 0 saturated heterocycles. The molecule has 0 heterocycles. The number of rotatable bonds is 5. The van der Waals surface area contributed by atoms with Crippen LogP contribution in [0.1, 0.15) is 27.9 Å². The fraction of sp³-hybridized carbons (Fsp3) is 0.222. The summed E-state index contributed by atoms with van der Waals surface area (Å²) in [6, 6.07) is 8.72. The van der Waals surface area contributed by atoms with Crippen LogP contribution in [0, 0.1) is 0 Å². The minimum Gasteiger partial charge on any atom is -0.481 e. The average Bonchev–Trinajstić information content (AvgIpc) is 2.58. The van der Waals surface area contributed by atoms with Crippen LogP contribution in [-0.2, 0) is 17.4 Å². The number of hydrogen-bond acceptors (Lipinski definition) is 2. The lowest BCUT2D eigenvalue weighted by molar-refractivity contribution is -0.138. The second-order valence-electron chi connectivity index (χ2n) is 5.61. The van der Waals surface area contributed by atoms with E-state index in [1.807, 2.05) is 0 Å². The summed E-state index contributed by atoms with van der Waals surface area (Å²) in [5.74, 6) is -1.65. The van der Waals surface area contributed by atoms with Crippen molar-refractivity contribution >= 4 is 29.2 Å². The lowest BCUT2D eigenvalue weighted by Gasteiger charge is -2.21. The summed E-state index contributed by atoms with van der Waals surface area (Å²) in [4.78, 5) is 24.6. The van der Waals surface area contributed by atoms with Crippen LogP contribution >= 0.6 is 11.6 Å². The Balaban J connectivity index is 2.35. The number of alkyl halides is 3. The van der Waals surface area contributed by atoms with Crippen molar-refractivity contribution in [2.24, 2.45) is 0 Å². The summed E-state index contributed by atoms with van der Waals surface area (Å²) in [5, 5.41) is 9.22. The van der Waals surface area contributed by atoms with Crippen LogP contribution in [0.3, 0.4) is 0 Å². The molecule has 2 aromatic rings. The maximum Gasteiger partial charge on any atom is 0.416 e. The van der Waals surface area contributed by atoms with Gasteiger partial charge < -0.3 is 10.0 Å². The second kappa shape index (κ2) is 7.78. The number of carboxylic acid groups (broad SMARTS) is 1. The average molecular weight is 386 g/mol. The molecule has 0 aliphatic carbocycles. The molecule has 0 aliphatic heterocycles. The fourth-order valence-electron chi connectivity index (χ4n) is 2.45. The maximum absolute atomic E-state index is 12.8. The lowest BCUT2D eigenvalue weighted by Crippen LogP contribution is -2.27. The van der Waals surface area contributed by atoms with Crippen molar-refractivity contribution in [1.29, 1.82) is 0 Å². The Hall–Kier alpha value is -2.54. The first-order valence-electron chi connectivity index (χ1n) is 7.55. The predicted molar refractivity (Wildman–Crippen MR) is 91.6 cm³/mol. The van der Waals surface area contributed by atoms with Gasteiger partial charge in [-0.3, -0.25) is 9.59 Å². The molecule has 1 amide bonds. The van der Waals surface area contributed by atoms with Gasteiger partial charge in [-0.1, -0.05) is 17.7 Å². The zero-order valence-electron chi connectivity index (χ0n) is 13.7. The van der Waals surface area contributed by atoms with Gasteiger partial charge in [-0.05, 0) is 48.4 Å². The Morgan fingerprint density at radius 1 is 1.15 bits per heavy atom. The van der Waals surface area contributed by atoms with Gasteiger partial charge in [-0.15, -0.1) is 0 Å². The van der Waals surface area contributed by atoms with Crippen LogP contribution in [-0.4, -0.2) is 24.0 Å². The smallest absolute Gasteiger partial charge is 0.416 e. The molecule has 2 aromatic carbocycles. The van der Waals surface area contributed by atoms with Crippen molar-refractivity contribution in [3.05, 3.63) is 64.2 Å². The third-order valence-corrected chi connectivity index (χ3v) is 3.99. The molecule has 2 rings (SSSR count). The molecule has 0 aliphatic rings. The van der Waals surface area contributed by atoms with Crippen LogP contribution in [0.2, 0.25) is 5.02 Å². The van der Waals surface area contributed by atoms with E-state index in [9.17, 15) is 22.8 Å². The molecule has 1 N–H and O–H groups in total. The van der Waals surface area contributed by atoms with Gasteiger partial charge in [0.2, 0.25) is 0 Å². The number of nitrogens with zero attached hydrogens (tertiary/aromatic N) is 1. The minimum absolute atomic E-state index is 0.124. The van der Waals surface area contributed by atoms with Crippen molar-refractivity contribution in [2.75, 3.05) is 11.9 Å². The van der Waals surface area contributed by atoms with Gasteiger partial charge in [0.25, 0.3) is 5.91 Å². The van der Waals surface area contributed by atoms with Gasteiger partial charge >= 0.3 is 12.1 Å². The van der Waals surface area contributed by atoms with Crippen LogP contribution in [0.25, 0.3) is 0 Å². The molecule has 138 valence electrons. The molecule has 0 radical (unpaired) electrons. The first-order chi connectivity index (χ1) is 12.1. The number of carbonyl (C=O) groups excluding carboxylic acids is 1. The van der Waals surface area contributed by atoms with E-state index in [1.165, 1.54) is 36.2 Å². The molecule has 0 aromatic heterocycles. The summed E-state index contributed by atoms with van der Waals surface area (Å²) < 4.78 is 38.5. The zero-order valence-corrected chi connectivity index (χ0v) is 14.4. The molecular weight excluding hydrogens is 371 g/mol. The van der Waals surface area contributed by atoms with E-state index in [4.69, 9.17) is 16.7 Å². The number of carbonyl (C=O) groups is 2. The maximum atomic E-state index is 12.8. The van der Waals surface area contributed by atoms with E-state index < -0.39 is 23.6 Å². The summed E-state index contributed by atoms with van der Waals surface area (Å²) in [7, 11) is 1.41. The highest BCUT2D eigenvalue weighted by Crippen LogP contribution is 2.31. The first-order valence-corrected chi connectivity index (χ1v) is 7.93. The molecule has 0 unspecified atom stereocenters. The molecule has 0 saturated carbocycles. The highest BCUT2D eigenvalue weighted by atomic mass is 35.5. The topological polar surface area (TPSA) is 57.6 Å². The third-order valence-electron chi connectivity index (χ3n) is 3.75. The van der Waals surface area contributed by atoms with Crippen LogP contribution in [0.15, 0.2) is 42.5 Å². The number of aryl methyl sites for hydroxylation is 1. The summed E-state index contributed by atoms with van der Waals surface area (Å²) in [6.45, 7) is 0. The van der Waals surface area contributed by atoms with Gasteiger partial charge in [0.1, 0.15) is 0 Å². The van der Waals surface area contributed by atoms with Crippen molar-refractivity contribution in [3.63, 3.8) is 0 Å². The number of amides is 1. The predicted octanol–water partition coefficient (Wildman–Crippen LogP) is 4.65. The number of anilines is 1.